The van der Waals surface area contributed by atoms with Crippen LogP contribution >= 0.6 is 0 Å². The second kappa shape index (κ2) is 10.7. The number of anilines is 3. The average Bonchev–Trinajstić information content (AvgIpc) is 3.35. The van der Waals surface area contributed by atoms with Crippen molar-refractivity contribution in [3.05, 3.63) is 82.8 Å². The van der Waals surface area contributed by atoms with E-state index in [9.17, 15) is 18.8 Å². The normalized spacial score (nSPS) is 14.4. The smallest absolute Gasteiger partial charge is 0.271 e. The van der Waals surface area contributed by atoms with Gasteiger partial charge in [0.1, 0.15) is 11.7 Å². The van der Waals surface area contributed by atoms with Gasteiger partial charge in [-0.3, -0.25) is 19.4 Å². The predicted molar refractivity (Wildman–Crippen MR) is 127 cm³/mol. The van der Waals surface area contributed by atoms with Crippen LogP contribution in [0.25, 0.3) is 0 Å². The van der Waals surface area contributed by atoms with E-state index in [-0.39, 0.29) is 11.4 Å². The molecule has 0 unspecified atom stereocenters. The fourth-order valence-corrected chi connectivity index (χ4v) is 4.16. The third kappa shape index (κ3) is 5.86. The maximum Gasteiger partial charge on any atom is 0.271 e. The van der Waals surface area contributed by atoms with Gasteiger partial charge in [-0.1, -0.05) is 31.7 Å². The number of aromatic nitrogens is 2. The number of hydrogen-bond donors (Lipinski definition) is 4. The maximum atomic E-state index is 13.9. The first-order valence-corrected chi connectivity index (χ1v) is 11.3. The highest BCUT2D eigenvalue weighted by atomic mass is 19.1. The van der Waals surface area contributed by atoms with Crippen LogP contribution < -0.4 is 21.5 Å². The zero-order valence-corrected chi connectivity index (χ0v) is 18.5. The molecule has 34 heavy (non-hydrogen) atoms. The SMILES string of the molecule is O=C(N[C@@H](CC1CCCC1)C(=O)Nc1ccc[nH]c1=O)c1cccc(Nc2ccncc2F)c1. The lowest BCUT2D eigenvalue weighted by atomic mass is 9.97. The van der Waals surface area contributed by atoms with Crippen LogP contribution in [0, 0.1) is 11.7 Å². The number of nitrogens with zero attached hydrogens (tertiary/aromatic N) is 1. The van der Waals surface area contributed by atoms with Gasteiger partial charge in [-0.25, -0.2) is 4.39 Å². The van der Waals surface area contributed by atoms with Crippen molar-refractivity contribution < 1.29 is 14.0 Å². The topological polar surface area (TPSA) is 116 Å². The molecule has 2 amide bonds. The highest BCUT2D eigenvalue weighted by Gasteiger charge is 2.27. The number of amides is 2. The molecule has 0 bridgehead atoms. The molecule has 1 aliphatic carbocycles. The molecule has 0 saturated heterocycles. The Morgan fingerprint density at radius 3 is 2.71 bits per heavy atom. The van der Waals surface area contributed by atoms with Gasteiger partial charge in [0.25, 0.3) is 11.5 Å². The fourth-order valence-electron chi connectivity index (χ4n) is 4.16. The van der Waals surface area contributed by atoms with E-state index in [0.29, 0.717) is 23.6 Å². The number of halogens is 1. The molecule has 3 aromatic rings. The zero-order valence-electron chi connectivity index (χ0n) is 18.5. The summed E-state index contributed by atoms with van der Waals surface area (Å²) in [4.78, 5) is 44.3. The Balaban J connectivity index is 1.49. The van der Waals surface area contributed by atoms with Gasteiger partial charge in [-0.15, -0.1) is 0 Å². The summed E-state index contributed by atoms with van der Waals surface area (Å²) in [5.41, 5.74) is 0.790. The number of pyridine rings is 2. The van der Waals surface area contributed by atoms with Crippen LogP contribution in [0.15, 0.2) is 65.8 Å². The standard InChI is InChI=1S/C25H26FN5O3/c26-19-15-27-12-10-20(19)29-18-8-3-7-17(14-18)23(32)31-22(13-16-5-1-2-6-16)25(34)30-21-9-4-11-28-24(21)33/h3-4,7-12,14-16,22H,1-2,5-6,13H2,(H,27,29)(H,28,33)(H,30,34)(H,31,32)/t22-/m0/s1. The molecule has 0 spiro atoms. The van der Waals surface area contributed by atoms with E-state index in [2.05, 4.69) is 25.9 Å². The number of H-pyrrole nitrogens is 1. The summed E-state index contributed by atoms with van der Waals surface area (Å²) in [5, 5.41) is 8.39. The molecule has 0 radical (unpaired) electrons. The minimum absolute atomic E-state index is 0.128. The van der Waals surface area contributed by atoms with Crippen LogP contribution in [0.4, 0.5) is 21.5 Å². The number of carbonyl (C=O) groups excluding carboxylic acids is 2. The van der Waals surface area contributed by atoms with E-state index >= 15 is 0 Å². The van der Waals surface area contributed by atoms with Crippen LogP contribution in [0.1, 0.15) is 42.5 Å². The largest absolute Gasteiger partial charge is 0.353 e. The second-order valence-corrected chi connectivity index (χ2v) is 8.38. The van der Waals surface area contributed by atoms with Crippen molar-refractivity contribution >= 4 is 28.9 Å². The van der Waals surface area contributed by atoms with Crippen LogP contribution in [0.5, 0.6) is 0 Å². The molecule has 2 aromatic heterocycles. The Labute approximate surface area is 196 Å². The summed E-state index contributed by atoms with van der Waals surface area (Å²) in [6.07, 6.45) is 8.74. The molecule has 176 valence electrons. The highest BCUT2D eigenvalue weighted by molar-refractivity contribution is 6.01. The van der Waals surface area contributed by atoms with Gasteiger partial charge in [0.2, 0.25) is 5.91 Å². The Bertz CT molecular complexity index is 1220. The summed E-state index contributed by atoms with van der Waals surface area (Å²) in [6, 6.07) is 10.4. The van der Waals surface area contributed by atoms with E-state index in [1.165, 1.54) is 24.5 Å². The molecule has 2 heterocycles. The summed E-state index contributed by atoms with van der Waals surface area (Å²) in [6.45, 7) is 0. The summed E-state index contributed by atoms with van der Waals surface area (Å²) in [5.74, 6) is -1.06. The van der Waals surface area contributed by atoms with Crippen LogP contribution in [-0.4, -0.2) is 27.8 Å². The second-order valence-electron chi connectivity index (χ2n) is 8.38. The summed E-state index contributed by atoms with van der Waals surface area (Å²) >= 11 is 0. The molecule has 8 nitrogen and oxygen atoms in total. The molecule has 9 heteroatoms. The maximum absolute atomic E-state index is 13.9. The third-order valence-electron chi connectivity index (χ3n) is 5.92. The van der Waals surface area contributed by atoms with Crippen molar-refractivity contribution in [1.29, 1.82) is 0 Å². The van der Waals surface area contributed by atoms with Gasteiger partial charge in [0.15, 0.2) is 5.82 Å². The molecule has 4 rings (SSSR count). The van der Waals surface area contributed by atoms with E-state index in [0.717, 1.165) is 31.9 Å². The number of aromatic amines is 1. The summed E-state index contributed by atoms with van der Waals surface area (Å²) < 4.78 is 13.9. The first kappa shape index (κ1) is 23.2. The number of carbonyl (C=O) groups is 2. The molecule has 1 atom stereocenters. The highest BCUT2D eigenvalue weighted by Crippen LogP contribution is 2.29. The Hall–Kier alpha value is -4.01. The number of rotatable bonds is 8. The van der Waals surface area contributed by atoms with Crippen molar-refractivity contribution in [2.45, 2.75) is 38.1 Å². The van der Waals surface area contributed by atoms with Crippen molar-refractivity contribution in [2.75, 3.05) is 10.6 Å². The van der Waals surface area contributed by atoms with Gasteiger partial charge in [0, 0.05) is 23.6 Å². The quantitative estimate of drug-likeness (QED) is 0.403. The predicted octanol–water partition coefficient (Wildman–Crippen LogP) is 3.97. The van der Waals surface area contributed by atoms with Crippen molar-refractivity contribution in [1.82, 2.24) is 15.3 Å². The monoisotopic (exact) mass is 463 g/mol. The van der Waals surface area contributed by atoms with Crippen molar-refractivity contribution in [2.24, 2.45) is 5.92 Å². The van der Waals surface area contributed by atoms with Gasteiger partial charge >= 0.3 is 0 Å². The zero-order chi connectivity index (χ0) is 23.9. The number of benzene rings is 1. The minimum Gasteiger partial charge on any atom is -0.353 e. The van der Waals surface area contributed by atoms with Gasteiger partial charge in [-0.2, -0.15) is 0 Å². The van der Waals surface area contributed by atoms with Gasteiger partial charge in [0.05, 0.1) is 11.9 Å². The summed E-state index contributed by atoms with van der Waals surface area (Å²) in [7, 11) is 0. The van der Waals surface area contributed by atoms with E-state index in [4.69, 9.17) is 0 Å². The molecule has 0 aliphatic heterocycles. The molecular formula is C25H26FN5O3. The lowest BCUT2D eigenvalue weighted by Crippen LogP contribution is -2.45. The van der Waals surface area contributed by atoms with Gasteiger partial charge < -0.3 is 20.9 Å². The van der Waals surface area contributed by atoms with Crippen LogP contribution in [-0.2, 0) is 4.79 Å². The lowest BCUT2D eigenvalue weighted by Gasteiger charge is -2.21. The molecule has 4 N–H and O–H groups in total. The van der Waals surface area contributed by atoms with Crippen molar-refractivity contribution in [3.63, 3.8) is 0 Å². The third-order valence-corrected chi connectivity index (χ3v) is 5.92. The Kier molecular flexibility index (Phi) is 7.31. The average molecular weight is 464 g/mol. The number of nitrogens with one attached hydrogen (secondary N) is 4. The molecule has 1 aliphatic rings. The Morgan fingerprint density at radius 2 is 1.94 bits per heavy atom. The first-order chi connectivity index (χ1) is 16.5. The lowest BCUT2D eigenvalue weighted by molar-refractivity contribution is -0.118. The fraction of sp³-hybridized carbons (Fsp3) is 0.280. The molecular weight excluding hydrogens is 437 g/mol. The number of hydrogen-bond acceptors (Lipinski definition) is 5. The van der Waals surface area contributed by atoms with E-state index in [1.54, 1.807) is 30.3 Å². The van der Waals surface area contributed by atoms with E-state index < -0.39 is 29.2 Å². The molecule has 1 fully saturated rings. The molecule has 1 saturated carbocycles. The van der Waals surface area contributed by atoms with Crippen LogP contribution in [0.2, 0.25) is 0 Å². The van der Waals surface area contributed by atoms with Gasteiger partial charge in [-0.05, 0) is 48.7 Å². The first-order valence-electron chi connectivity index (χ1n) is 11.3. The van der Waals surface area contributed by atoms with E-state index in [1.807, 2.05) is 0 Å². The van der Waals surface area contributed by atoms with Crippen molar-refractivity contribution in [3.8, 4) is 0 Å². The molecule has 1 aromatic carbocycles. The van der Waals surface area contributed by atoms with Crippen LogP contribution in [0.3, 0.4) is 0 Å². The Morgan fingerprint density at radius 1 is 1.12 bits per heavy atom. The minimum atomic E-state index is -0.801.